The van der Waals surface area contributed by atoms with Crippen molar-refractivity contribution in [1.82, 2.24) is 5.32 Å². The lowest BCUT2D eigenvalue weighted by atomic mass is 9.92. The summed E-state index contributed by atoms with van der Waals surface area (Å²) in [5.41, 5.74) is 1.49. The molecule has 0 bridgehead atoms. The van der Waals surface area contributed by atoms with Crippen LogP contribution in [0.25, 0.3) is 10.8 Å². The van der Waals surface area contributed by atoms with Gasteiger partial charge < -0.3 is 10.4 Å². The molecule has 1 saturated heterocycles. The highest BCUT2D eigenvalue weighted by Gasteiger charge is 2.30. The fourth-order valence-corrected chi connectivity index (χ4v) is 5.93. The minimum atomic E-state index is -3.03. The normalized spacial score (nSPS) is 19.1. The van der Waals surface area contributed by atoms with E-state index in [2.05, 4.69) is 5.32 Å². The Morgan fingerprint density at radius 2 is 1.76 bits per heavy atom. The first-order valence-electron chi connectivity index (χ1n) is 9.68. The number of fused-ring (bicyclic) bond motifs is 1. The highest BCUT2D eigenvalue weighted by atomic mass is 32.2. The predicted molar refractivity (Wildman–Crippen MR) is 113 cm³/mol. The van der Waals surface area contributed by atoms with Crippen LogP contribution >= 0.6 is 0 Å². The number of carbonyl (C=O) groups is 1. The van der Waals surface area contributed by atoms with Gasteiger partial charge in [0.25, 0.3) is 0 Å². The Kier molecular flexibility index (Phi) is 5.28. The van der Waals surface area contributed by atoms with Crippen molar-refractivity contribution in [2.75, 3.05) is 11.5 Å². The predicted octanol–water partition coefficient (Wildman–Crippen LogP) is 3.58. The Hall–Kier alpha value is -2.86. The number of nitrogens with one attached hydrogen (secondary N) is 1. The second-order valence-electron chi connectivity index (χ2n) is 7.60. The third kappa shape index (κ3) is 4.27. The second kappa shape index (κ2) is 7.87. The van der Waals surface area contributed by atoms with E-state index < -0.39 is 15.9 Å². The molecule has 6 heteroatoms. The van der Waals surface area contributed by atoms with Gasteiger partial charge >= 0.3 is 0 Å². The monoisotopic (exact) mass is 409 g/mol. The van der Waals surface area contributed by atoms with Gasteiger partial charge in [-0.2, -0.15) is 0 Å². The zero-order valence-corrected chi connectivity index (χ0v) is 16.7. The van der Waals surface area contributed by atoms with Gasteiger partial charge in [0.05, 0.1) is 17.5 Å². The smallest absolute Gasteiger partial charge is 0.221 e. The van der Waals surface area contributed by atoms with E-state index in [4.69, 9.17) is 0 Å². The number of phenols is 1. The Bertz CT molecular complexity index is 1140. The zero-order chi connectivity index (χ0) is 20.4. The Labute approximate surface area is 170 Å². The van der Waals surface area contributed by atoms with Gasteiger partial charge in [0.15, 0.2) is 9.84 Å². The highest BCUT2D eigenvalue weighted by Crippen LogP contribution is 2.36. The maximum atomic E-state index is 12.8. The van der Waals surface area contributed by atoms with Crippen LogP contribution in [0.1, 0.15) is 30.0 Å². The summed E-state index contributed by atoms with van der Waals surface area (Å²) < 4.78 is 23.4. The molecule has 2 N–H and O–H groups in total. The third-order valence-electron chi connectivity index (χ3n) is 5.48. The van der Waals surface area contributed by atoms with Crippen molar-refractivity contribution >= 4 is 26.5 Å². The topological polar surface area (TPSA) is 83.5 Å². The Morgan fingerprint density at radius 3 is 2.48 bits per heavy atom. The molecule has 1 heterocycles. The molecule has 0 aromatic heterocycles. The summed E-state index contributed by atoms with van der Waals surface area (Å²) in [6.45, 7) is 0. The van der Waals surface area contributed by atoms with Crippen LogP contribution in [0.4, 0.5) is 0 Å². The first-order chi connectivity index (χ1) is 13.9. The van der Waals surface area contributed by atoms with Gasteiger partial charge in [0.2, 0.25) is 5.91 Å². The van der Waals surface area contributed by atoms with E-state index in [1.807, 2.05) is 60.7 Å². The van der Waals surface area contributed by atoms with Crippen molar-refractivity contribution < 1.29 is 18.3 Å². The van der Waals surface area contributed by atoms with E-state index in [1.165, 1.54) is 0 Å². The minimum Gasteiger partial charge on any atom is -0.508 e. The average Bonchev–Trinajstić information content (AvgIpc) is 3.05. The molecule has 0 unspecified atom stereocenters. The number of sulfone groups is 1. The van der Waals surface area contributed by atoms with Gasteiger partial charge in [-0.05, 0) is 34.7 Å². The summed E-state index contributed by atoms with van der Waals surface area (Å²) in [7, 11) is -3.03. The van der Waals surface area contributed by atoms with Gasteiger partial charge in [-0.25, -0.2) is 8.42 Å². The van der Waals surface area contributed by atoms with Crippen molar-refractivity contribution in [2.45, 2.75) is 18.9 Å². The van der Waals surface area contributed by atoms with Crippen molar-refractivity contribution in [1.29, 1.82) is 0 Å². The summed E-state index contributed by atoms with van der Waals surface area (Å²) >= 11 is 0. The van der Waals surface area contributed by atoms with Gasteiger partial charge in [-0.15, -0.1) is 0 Å². The number of hydrogen-bond acceptors (Lipinski definition) is 4. The third-order valence-corrected chi connectivity index (χ3v) is 7.31. The molecule has 3 aromatic carbocycles. The fourth-order valence-electron chi connectivity index (χ4n) is 4.07. The van der Waals surface area contributed by atoms with E-state index >= 15 is 0 Å². The van der Waals surface area contributed by atoms with Crippen molar-refractivity contribution in [2.24, 2.45) is 5.92 Å². The molecule has 1 aliphatic heterocycles. The lowest BCUT2D eigenvalue weighted by molar-refractivity contribution is -0.122. The van der Waals surface area contributed by atoms with E-state index in [0.717, 1.165) is 16.3 Å². The molecule has 3 aromatic rings. The van der Waals surface area contributed by atoms with Gasteiger partial charge in [0.1, 0.15) is 5.75 Å². The van der Waals surface area contributed by atoms with E-state index in [1.54, 1.807) is 6.07 Å². The maximum Gasteiger partial charge on any atom is 0.221 e. The van der Waals surface area contributed by atoms with E-state index in [-0.39, 0.29) is 35.5 Å². The van der Waals surface area contributed by atoms with Crippen LogP contribution in [0.2, 0.25) is 0 Å². The summed E-state index contributed by atoms with van der Waals surface area (Å²) in [5, 5.41) is 15.6. The van der Waals surface area contributed by atoms with E-state index in [0.29, 0.717) is 12.0 Å². The second-order valence-corrected chi connectivity index (χ2v) is 9.83. The van der Waals surface area contributed by atoms with Crippen LogP contribution < -0.4 is 5.32 Å². The minimum absolute atomic E-state index is 0.0654. The van der Waals surface area contributed by atoms with Crippen LogP contribution in [-0.2, 0) is 14.6 Å². The fraction of sp³-hybridized carbons (Fsp3) is 0.261. The molecular formula is C23H23NO4S. The molecule has 1 aliphatic rings. The first-order valence-corrected chi connectivity index (χ1v) is 11.5. The Balaban J connectivity index is 1.69. The van der Waals surface area contributed by atoms with Gasteiger partial charge in [-0.1, -0.05) is 60.7 Å². The molecular weight excluding hydrogens is 386 g/mol. The molecule has 0 aliphatic carbocycles. The molecule has 1 amide bonds. The molecule has 0 saturated carbocycles. The SMILES string of the molecule is O=C(C[C@H]1CCS(=O)(=O)C1)N[C@H](c1ccccc1)c1c(O)ccc2ccccc12. The molecule has 4 rings (SSSR count). The number of amides is 1. The molecule has 0 radical (unpaired) electrons. The number of carbonyl (C=O) groups excluding carboxylic acids is 1. The van der Waals surface area contributed by atoms with E-state index in [9.17, 15) is 18.3 Å². The number of phenolic OH excluding ortho intramolecular Hbond substituents is 1. The highest BCUT2D eigenvalue weighted by molar-refractivity contribution is 7.91. The van der Waals surface area contributed by atoms with Crippen LogP contribution in [0.5, 0.6) is 5.75 Å². The molecule has 0 spiro atoms. The summed E-state index contributed by atoms with van der Waals surface area (Å²) in [5.74, 6) is -0.0419. The number of rotatable bonds is 5. The number of aromatic hydroxyl groups is 1. The largest absolute Gasteiger partial charge is 0.508 e. The molecule has 150 valence electrons. The number of benzene rings is 3. The van der Waals surface area contributed by atoms with Crippen molar-refractivity contribution in [3.8, 4) is 5.75 Å². The summed E-state index contributed by atoms with van der Waals surface area (Å²) in [4.78, 5) is 12.8. The van der Waals surface area contributed by atoms with Crippen LogP contribution in [-0.4, -0.2) is 30.9 Å². The standard InChI is InChI=1S/C23H23NO4S/c25-20-11-10-17-6-4-5-9-19(17)22(20)23(18-7-2-1-3-8-18)24-21(26)14-16-12-13-29(27,28)15-16/h1-11,16,23,25H,12-15H2,(H,24,26)/t16-,23-/m1/s1. The first kappa shape index (κ1) is 19.5. The van der Waals surface area contributed by atoms with Gasteiger partial charge in [-0.3, -0.25) is 4.79 Å². The summed E-state index contributed by atoms with van der Waals surface area (Å²) in [6.07, 6.45) is 0.680. The van der Waals surface area contributed by atoms with Gasteiger partial charge in [0, 0.05) is 12.0 Å². The lowest BCUT2D eigenvalue weighted by Crippen LogP contribution is -2.31. The maximum absolute atomic E-state index is 12.8. The van der Waals surface area contributed by atoms with Crippen molar-refractivity contribution in [3.63, 3.8) is 0 Å². The lowest BCUT2D eigenvalue weighted by Gasteiger charge is -2.23. The molecule has 2 atom stereocenters. The number of hydrogen-bond donors (Lipinski definition) is 2. The quantitative estimate of drug-likeness (QED) is 0.675. The zero-order valence-electron chi connectivity index (χ0n) is 15.9. The summed E-state index contributed by atoms with van der Waals surface area (Å²) in [6, 6.07) is 20.2. The Morgan fingerprint density at radius 1 is 1.03 bits per heavy atom. The molecule has 5 nitrogen and oxygen atoms in total. The van der Waals surface area contributed by atoms with Crippen molar-refractivity contribution in [3.05, 3.63) is 77.9 Å². The van der Waals surface area contributed by atoms with Crippen LogP contribution in [0, 0.1) is 5.92 Å². The van der Waals surface area contributed by atoms with Crippen LogP contribution in [0.3, 0.4) is 0 Å². The van der Waals surface area contributed by atoms with Crippen LogP contribution in [0.15, 0.2) is 66.7 Å². The average molecular weight is 410 g/mol. The molecule has 29 heavy (non-hydrogen) atoms. The molecule has 1 fully saturated rings.